The van der Waals surface area contributed by atoms with Crippen LogP contribution in [0.25, 0.3) is 0 Å². The van der Waals surface area contributed by atoms with Crippen molar-refractivity contribution in [2.24, 2.45) is 5.92 Å². The van der Waals surface area contributed by atoms with Crippen molar-refractivity contribution in [1.82, 2.24) is 4.90 Å². The minimum absolute atomic E-state index is 0.0523. The third kappa shape index (κ3) is 3.15. The number of methoxy groups -OCH3 is 1. The minimum Gasteiger partial charge on any atom is -0.469 e. The van der Waals surface area contributed by atoms with Gasteiger partial charge in [0.15, 0.2) is 0 Å². The quantitative estimate of drug-likeness (QED) is 0.777. The molecule has 1 saturated carbocycles. The molecule has 1 fully saturated rings. The zero-order chi connectivity index (χ0) is 14.7. The van der Waals surface area contributed by atoms with Gasteiger partial charge in [0.05, 0.1) is 18.6 Å². The number of halogens is 1. The number of benzene rings is 1. The summed E-state index contributed by atoms with van der Waals surface area (Å²) >= 11 is 0. The van der Waals surface area contributed by atoms with Gasteiger partial charge < -0.3 is 9.64 Å². The molecule has 1 aromatic carbocycles. The van der Waals surface area contributed by atoms with Crippen molar-refractivity contribution in [1.29, 1.82) is 0 Å². The van der Waals surface area contributed by atoms with Crippen LogP contribution in [-0.2, 0) is 9.53 Å². The Kier molecular flexibility index (Phi) is 4.37. The number of ether oxygens (including phenoxy) is 1. The molecule has 0 radical (unpaired) electrons. The van der Waals surface area contributed by atoms with Crippen LogP contribution in [0.1, 0.15) is 30.1 Å². The summed E-state index contributed by atoms with van der Waals surface area (Å²) in [6.45, 7) is 1.96. The molecular formula is C15H18FNO3. The predicted molar refractivity (Wildman–Crippen MR) is 71.6 cm³/mol. The van der Waals surface area contributed by atoms with Crippen molar-refractivity contribution in [2.45, 2.75) is 25.8 Å². The molecule has 1 atom stereocenters. The lowest BCUT2D eigenvalue weighted by Crippen LogP contribution is -2.39. The molecule has 0 aliphatic heterocycles. The Balaban J connectivity index is 2.15. The van der Waals surface area contributed by atoms with Crippen LogP contribution in [-0.4, -0.2) is 36.5 Å². The van der Waals surface area contributed by atoms with E-state index in [0.717, 1.165) is 12.8 Å². The lowest BCUT2D eigenvalue weighted by atomic mass is 10.1. The maximum absolute atomic E-state index is 13.7. The second-order valence-corrected chi connectivity index (χ2v) is 5.09. The Labute approximate surface area is 117 Å². The van der Waals surface area contributed by atoms with E-state index in [9.17, 15) is 14.0 Å². The van der Waals surface area contributed by atoms with Gasteiger partial charge in [0.2, 0.25) is 0 Å². The zero-order valence-electron chi connectivity index (χ0n) is 11.6. The number of rotatable bonds is 5. The highest BCUT2D eigenvalue weighted by molar-refractivity contribution is 5.95. The number of hydrogen-bond donors (Lipinski definition) is 0. The number of carbonyl (C=O) groups excluding carboxylic acids is 2. The van der Waals surface area contributed by atoms with Crippen molar-refractivity contribution in [3.8, 4) is 0 Å². The monoisotopic (exact) mass is 279 g/mol. The van der Waals surface area contributed by atoms with E-state index >= 15 is 0 Å². The molecule has 0 bridgehead atoms. The number of nitrogens with zero attached hydrogens (tertiary/aromatic N) is 1. The van der Waals surface area contributed by atoms with Gasteiger partial charge in [-0.2, -0.15) is 0 Å². The van der Waals surface area contributed by atoms with E-state index in [1.165, 1.54) is 19.2 Å². The molecule has 2 rings (SSSR count). The highest BCUT2D eigenvalue weighted by Gasteiger charge is 2.35. The first-order chi connectivity index (χ1) is 9.54. The lowest BCUT2D eigenvalue weighted by Gasteiger charge is -2.25. The topological polar surface area (TPSA) is 46.6 Å². The number of esters is 1. The summed E-state index contributed by atoms with van der Waals surface area (Å²) in [5.74, 6) is -1.68. The molecule has 0 saturated heterocycles. The summed E-state index contributed by atoms with van der Waals surface area (Å²) < 4.78 is 18.4. The number of hydrogen-bond acceptors (Lipinski definition) is 3. The maximum Gasteiger partial charge on any atom is 0.310 e. The van der Waals surface area contributed by atoms with Gasteiger partial charge >= 0.3 is 5.97 Å². The Morgan fingerprint density at radius 1 is 1.40 bits per heavy atom. The molecule has 20 heavy (non-hydrogen) atoms. The third-order valence-electron chi connectivity index (χ3n) is 3.43. The first-order valence-electron chi connectivity index (χ1n) is 6.68. The smallest absolute Gasteiger partial charge is 0.310 e. The third-order valence-corrected chi connectivity index (χ3v) is 3.43. The van der Waals surface area contributed by atoms with Crippen LogP contribution in [0.4, 0.5) is 4.39 Å². The van der Waals surface area contributed by atoms with E-state index in [1.807, 2.05) is 0 Å². The molecule has 5 heteroatoms. The van der Waals surface area contributed by atoms with Gasteiger partial charge in [-0.3, -0.25) is 9.59 Å². The van der Waals surface area contributed by atoms with Crippen LogP contribution in [0.3, 0.4) is 0 Å². The van der Waals surface area contributed by atoms with Gasteiger partial charge in [-0.25, -0.2) is 4.39 Å². The van der Waals surface area contributed by atoms with Crippen LogP contribution >= 0.6 is 0 Å². The molecule has 1 unspecified atom stereocenters. The largest absolute Gasteiger partial charge is 0.469 e. The van der Waals surface area contributed by atoms with E-state index in [4.69, 9.17) is 0 Å². The van der Waals surface area contributed by atoms with Gasteiger partial charge in [0.25, 0.3) is 5.91 Å². The Hall–Kier alpha value is -1.91. The molecule has 1 aliphatic carbocycles. The molecule has 1 amide bonds. The molecule has 1 aromatic rings. The Morgan fingerprint density at radius 3 is 2.60 bits per heavy atom. The summed E-state index contributed by atoms with van der Waals surface area (Å²) in [5, 5.41) is 0. The van der Waals surface area contributed by atoms with Crippen molar-refractivity contribution >= 4 is 11.9 Å². The van der Waals surface area contributed by atoms with Crippen LogP contribution in [0.2, 0.25) is 0 Å². The molecule has 0 heterocycles. The normalized spacial score (nSPS) is 15.6. The average molecular weight is 279 g/mol. The summed E-state index contributed by atoms with van der Waals surface area (Å²) in [4.78, 5) is 25.5. The van der Waals surface area contributed by atoms with Crippen molar-refractivity contribution in [2.75, 3.05) is 13.7 Å². The van der Waals surface area contributed by atoms with Crippen LogP contribution in [0, 0.1) is 11.7 Å². The van der Waals surface area contributed by atoms with Crippen molar-refractivity contribution < 1.29 is 18.7 Å². The second kappa shape index (κ2) is 6.03. The van der Waals surface area contributed by atoms with E-state index in [-0.39, 0.29) is 30.0 Å². The second-order valence-electron chi connectivity index (χ2n) is 5.09. The fourth-order valence-corrected chi connectivity index (χ4v) is 2.14. The molecule has 0 N–H and O–H groups in total. The van der Waals surface area contributed by atoms with E-state index in [2.05, 4.69) is 4.74 Å². The highest BCUT2D eigenvalue weighted by atomic mass is 19.1. The van der Waals surface area contributed by atoms with Crippen molar-refractivity contribution in [3.63, 3.8) is 0 Å². The van der Waals surface area contributed by atoms with Crippen molar-refractivity contribution in [3.05, 3.63) is 35.6 Å². The molecule has 108 valence electrons. The molecule has 1 aliphatic rings. The van der Waals surface area contributed by atoms with Gasteiger partial charge in [-0.05, 0) is 25.0 Å². The van der Waals surface area contributed by atoms with Gasteiger partial charge in [-0.1, -0.05) is 19.1 Å². The number of amides is 1. The fourth-order valence-electron chi connectivity index (χ4n) is 2.14. The van der Waals surface area contributed by atoms with Crippen LogP contribution in [0.5, 0.6) is 0 Å². The average Bonchev–Trinajstić information content (AvgIpc) is 3.28. The molecule has 4 nitrogen and oxygen atoms in total. The Bertz CT molecular complexity index is 514. The van der Waals surface area contributed by atoms with E-state index in [0.29, 0.717) is 0 Å². The van der Waals surface area contributed by atoms with Gasteiger partial charge in [0, 0.05) is 12.6 Å². The lowest BCUT2D eigenvalue weighted by molar-refractivity contribution is -0.145. The zero-order valence-corrected chi connectivity index (χ0v) is 11.6. The van der Waals surface area contributed by atoms with E-state index < -0.39 is 11.7 Å². The number of carbonyl (C=O) groups is 2. The van der Waals surface area contributed by atoms with Crippen LogP contribution < -0.4 is 0 Å². The predicted octanol–water partition coefficient (Wildman–Crippen LogP) is 2.24. The molecule has 0 aromatic heterocycles. The SMILES string of the molecule is COC(=O)C(C)CN(C(=O)c1ccccc1F)C1CC1. The first-order valence-corrected chi connectivity index (χ1v) is 6.68. The first kappa shape index (κ1) is 14.5. The summed E-state index contributed by atoms with van der Waals surface area (Å²) in [6, 6.07) is 6.02. The summed E-state index contributed by atoms with van der Waals surface area (Å²) in [6.07, 6.45) is 1.79. The maximum atomic E-state index is 13.7. The van der Waals surface area contributed by atoms with E-state index in [1.54, 1.807) is 24.0 Å². The Morgan fingerprint density at radius 2 is 2.05 bits per heavy atom. The van der Waals surface area contributed by atoms with Gasteiger partial charge in [-0.15, -0.1) is 0 Å². The standard InChI is InChI=1S/C15H18FNO3/c1-10(15(19)20-2)9-17(11-7-8-11)14(18)12-5-3-4-6-13(12)16/h3-6,10-11H,7-9H2,1-2H3. The highest BCUT2D eigenvalue weighted by Crippen LogP contribution is 2.29. The fraction of sp³-hybridized carbons (Fsp3) is 0.467. The van der Waals surface area contributed by atoms with Gasteiger partial charge in [0.1, 0.15) is 5.82 Å². The minimum atomic E-state index is -0.533. The summed E-state index contributed by atoms with van der Waals surface area (Å²) in [7, 11) is 1.32. The molecular weight excluding hydrogens is 261 g/mol. The summed E-state index contributed by atoms with van der Waals surface area (Å²) in [5.41, 5.74) is 0.0523. The van der Waals surface area contributed by atoms with Crippen LogP contribution in [0.15, 0.2) is 24.3 Å². The molecule has 0 spiro atoms.